The summed E-state index contributed by atoms with van der Waals surface area (Å²) in [7, 11) is 1.75. The second-order valence-electron chi connectivity index (χ2n) is 6.23. The van der Waals surface area contributed by atoms with Gasteiger partial charge in [0.05, 0.1) is 7.11 Å². The first kappa shape index (κ1) is 17.5. The van der Waals surface area contributed by atoms with Gasteiger partial charge < -0.3 is 10.1 Å². The summed E-state index contributed by atoms with van der Waals surface area (Å²) in [5.41, 5.74) is 1.54. The van der Waals surface area contributed by atoms with Gasteiger partial charge in [0.15, 0.2) is 0 Å². The van der Waals surface area contributed by atoms with E-state index in [1.165, 1.54) is 18.4 Å². The molecule has 1 rings (SSSR count). The summed E-state index contributed by atoms with van der Waals surface area (Å²) in [4.78, 5) is 0. The third-order valence-electron chi connectivity index (χ3n) is 3.65. The molecule has 114 valence electrons. The van der Waals surface area contributed by atoms with Crippen LogP contribution < -0.4 is 10.1 Å². The molecule has 0 spiro atoms. The lowest BCUT2D eigenvalue weighted by Crippen LogP contribution is -2.37. The van der Waals surface area contributed by atoms with Crippen molar-refractivity contribution in [3.05, 3.63) is 28.2 Å². The van der Waals surface area contributed by atoms with Gasteiger partial charge in [-0.15, -0.1) is 0 Å². The van der Waals surface area contributed by atoms with E-state index in [1.807, 2.05) is 12.1 Å². The molecule has 0 aliphatic carbocycles. The number of nitrogens with one attached hydrogen (secondary N) is 1. The molecular formula is C17H28BrNO. The van der Waals surface area contributed by atoms with Gasteiger partial charge in [-0.2, -0.15) is 0 Å². The fourth-order valence-corrected chi connectivity index (χ4v) is 3.05. The smallest absolute Gasteiger partial charge is 0.122 e. The molecule has 20 heavy (non-hydrogen) atoms. The van der Waals surface area contributed by atoms with Crippen molar-refractivity contribution in [2.75, 3.05) is 13.7 Å². The van der Waals surface area contributed by atoms with E-state index in [0.29, 0.717) is 6.04 Å². The minimum absolute atomic E-state index is 0.257. The average molecular weight is 342 g/mol. The Hall–Kier alpha value is -0.540. The monoisotopic (exact) mass is 341 g/mol. The van der Waals surface area contributed by atoms with Crippen LogP contribution in [0.25, 0.3) is 0 Å². The van der Waals surface area contributed by atoms with Crippen molar-refractivity contribution in [1.29, 1.82) is 0 Å². The van der Waals surface area contributed by atoms with Crippen LogP contribution in [-0.2, 0) is 6.42 Å². The van der Waals surface area contributed by atoms with Crippen molar-refractivity contribution >= 4 is 15.9 Å². The van der Waals surface area contributed by atoms with E-state index in [0.717, 1.165) is 23.2 Å². The first-order valence-electron chi connectivity index (χ1n) is 7.46. The summed E-state index contributed by atoms with van der Waals surface area (Å²) < 4.78 is 6.62. The van der Waals surface area contributed by atoms with Gasteiger partial charge in [0, 0.05) is 17.1 Å². The first-order chi connectivity index (χ1) is 9.40. The van der Waals surface area contributed by atoms with Crippen LogP contribution in [0.3, 0.4) is 0 Å². The molecule has 1 unspecified atom stereocenters. The standard InChI is InChI=1S/C17H28BrNO/c1-6-9-17(4,12-19-13(2)3)11-14-10-15(18)7-8-16(14)20-5/h7-8,10,13,19H,6,9,11-12H2,1-5H3. The predicted octanol–water partition coefficient (Wildman–Crippen LogP) is 4.80. The van der Waals surface area contributed by atoms with Gasteiger partial charge >= 0.3 is 0 Å². The fourth-order valence-electron chi connectivity index (χ4n) is 2.64. The van der Waals surface area contributed by atoms with Crippen LogP contribution in [0, 0.1) is 5.41 Å². The Morgan fingerprint density at radius 1 is 1.35 bits per heavy atom. The summed E-state index contributed by atoms with van der Waals surface area (Å²) in [6, 6.07) is 6.78. The number of benzene rings is 1. The van der Waals surface area contributed by atoms with E-state index in [4.69, 9.17) is 4.74 Å². The second-order valence-corrected chi connectivity index (χ2v) is 7.14. The highest BCUT2D eigenvalue weighted by Gasteiger charge is 2.25. The van der Waals surface area contributed by atoms with E-state index >= 15 is 0 Å². The molecule has 0 bridgehead atoms. The van der Waals surface area contributed by atoms with Gasteiger partial charge in [0.1, 0.15) is 5.75 Å². The Morgan fingerprint density at radius 2 is 2.05 bits per heavy atom. The number of methoxy groups -OCH3 is 1. The van der Waals surface area contributed by atoms with E-state index in [2.05, 4.69) is 55.0 Å². The summed E-state index contributed by atoms with van der Waals surface area (Å²) in [5, 5.41) is 3.59. The third-order valence-corrected chi connectivity index (χ3v) is 4.14. The van der Waals surface area contributed by atoms with Crippen molar-refractivity contribution in [2.45, 2.75) is 53.0 Å². The number of hydrogen-bond donors (Lipinski definition) is 1. The molecular weight excluding hydrogens is 314 g/mol. The van der Waals surface area contributed by atoms with Crippen LogP contribution in [-0.4, -0.2) is 19.7 Å². The molecule has 0 radical (unpaired) electrons. The zero-order valence-electron chi connectivity index (χ0n) is 13.4. The van der Waals surface area contributed by atoms with Crippen LogP contribution in [0.5, 0.6) is 5.75 Å². The number of ether oxygens (including phenoxy) is 1. The van der Waals surface area contributed by atoms with Crippen LogP contribution in [0.15, 0.2) is 22.7 Å². The molecule has 2 nitrogen and oxygen atoms in total. The van der Waals surface area contributed by atoms with Gasteiger partial charge in [-0.3, -0.25) is 0 Å². The molecule has 0 fully saturated rings. The molecule has 1 aromatic carbocycles. The molecule has 0 aliphatic rings. The highest BCUT2D eigenvalue weighted by Crippen LogP contribution is 2.33. The Bertz CT molecular complexity index is 419. The van der Waals surface area contributed by atoms with E-state index < -0.39 is 0 Å². The Morgan fingerprint density at radius 3 is 2.60 bits per heavy atom. The summed E-state index contributed by atoms with van der Waals surface area (Å²) >= 11 is 3.56. The molecule has 1 N–H and O–H groups in total. The van der Waals surface area contributed by atoms with E-state index in [9.17, 15) is 0 Å². The molecule has 0 aliphatic heterocycles. The fraction of sp³-hybridized carbons (Fsp3) is 0.647. The summed E-state index contributed by atoms with van der Waals surface area (Å²) in [6.07, 6.45) is 3.44. The third kappa shape index (κ3) is 5.45. The van der Waals surface area contributed by atoms with Crippen molar-refractivity contribution in [1.82, 2.24) is 5.32 Å². The van der Waals surface area contributed by atoms with Crippen molar-refractivity contribution in [3.8, 4) is 5.75 Å². The van der Waals surface area contributed by atoms with Gasteiger partial charge in [0.25, 0.3) is 0 Å². The quantitative estimate of drug-likeness (QED) is 0.732. The van der Waals surface area contributed by atoms with Crippen LogP contribution >= 0.6 is 15.9 Å². The molecule has 1 aromatic rings. The molecule has 1 atom stereocenters. The lowest BCUT2D eigenvalue weighted by Gasteiger charge is -2.31. The predicted molar refractivity (Wildman–Crippen MR) is 90.6 cm³/mol. The zero-order valence-corrected chi connectivity index (χ0v) is 15.0. The van der Waals surface area contributed by atoms with Gasteiger partial charge in [-0.25, -0.2) is 0 Å². The lowest BCUT2D eigenvalue weighted by molar-refractivity contribution is 0.263. The summed E-state index contributed by atoms with van der Waals surface area (Å²) in [5.74, 6) is 0.986. The molecule has 0 saturated carbocycles. The summed E-state index contributed by atoms with van der Waals surface area (Å²) in [6.45, 7) is 10.1. The van der Waals surface area contributed by atoms with E-state index in [1.54, 1.807) is 7.11 Å². The SMILES string of the molecule is CCCC(C)(CNC(C)C)Cc1cc(Br)ccc1OC. The van der Waals surface area contributed by atoms with Gasteiger partial charge in [0.2, 0.25) is 0 Å². The first-order valence-corrected chi connectivity index (χ1v) is 8.25. The second kappa shape index (κ2) is 8.04. The number of halogens is 1. The Kier molecular flexibility index (Phi) is 7.04. The largest absolute Gasteiger partial charge is 0.496 e. The normalized spacial score (nSPS) is 14.3. The Labute approximate surface area is 132 Å². The maximum Gasteiger partial charge on any atom is 0.122 e. The van der Waals surface area contributed by atoms with Gasteiger partial charge in [-0.1, -0.05) is 50.0 Å². The molecule has 3 heteroatoms. The molecule has 0 amide bonds. The van der Waals surface area contributed by atoms with E-state index in [-0.39, 0.29) is 5.41 Å². The van der Waals surface area contributed by atoms with Crippen LogP contribution in [0.2, 0.25) is 0 Å². The van der Waals surface area contributed by atoms with Crippen molar-refractivity contribution in [3.63, 3.8) is 0 Å². The van der Waals surface area contributed by atoms with Crippen molar-refractivity contribution < 1.29 is 4.74 Å². The topological polar surface area (TPSA) is 21.3 Å². The zero-order chi connectivity index (χ0) is 15.2. The van der Waals surface area contributed by atoms with Crippen LogP contribution in [0.4, 0.5) is 0 Å². The molecule has 0 saturated heterocycles. The number of hydrogen-bond acceptors (Lipinski definition) is 2. The average Bonchev–Trinajstić information content (AvgIpc) is 2.37. The number of rotatable bonds is 8. The molecule has 0 heterocycles. The highest BCUT2D eigenvalue weighted by molar-refractivity contribution is 9.10. The Balaban J connectivity index is 2.91. The maximum atomic E-state index is 5.51. The highest BCUT2D eigenvalue weighted by atomic mass is 79.9. The minimum atomic E-state index is 0.257. The van der Waals surface area contributed by atoms with Crippen molar-refractivity contribution in [2.24, 2.45) is 5.41 Å². The molecule has 0 aromatic heterocycles. The van der Waals surface area contributed by atoms with Gasteiger partial charge in [-0.05, 0) is 42.0 Å². The lowest BCUT2D eigenvalue weighted by atomic mass is 9.79. The van der Waals surface area contributed by atoms with Crippen LogP contribution in [0.1, 0.15) is 46.1 Å². The maximum absolute atomic E-state index is 5.51. The minimum Gasteiger partial charge on any atom is -0.496 e.